The summed E-state index contributed by atoms with van der Waals surface area (Å²) in [6, 6.07) is 16.5. The van der Waals surface area contributed by atoms with Crippen LogP contribution in [-0.2, 0) is 0 Å². The highest BCUT2D eigenvalue weighted by molar-refractivity contribution is 5.79. The Morgan fingerprint density at radius 2 is 1.82 bits per heavy atom. The molecule has 1 fully saturated rings. The van der Waals surface area contributed by atoms with E-state index in [1.54, 1.807) is 0 Å². The number of anilines is 2. The van der Waals surface area contributed by atoms with E-state index >= 15 is 0 Å². The van der Waals surface area contributed by atoms with Gasteiger partial charge in [0.1, 0.15) is 0 Å². The molecule has 4 nitrogen and oxygen atoms in total. The van der Waals surface area contributed by atoms with Gasteiger partial charge in [0.05, 0.1) is 23.0 Å². The summed E-state index contributed by atoms with van der Waals surface area (Å²) in [7, 11) is 0. The molecule has 22 heavy (non-hydrogen) atoms. The fourth-order valence-electron chi connectivity index (χ4n) is 3.31. The van der Waals surface area contributed by atoms with Crippen LogP contribution in [0.15, 0.2) is 42.5 Å². The molecule has 2 aliphatic heterocycles. The molecular weight excluding hydrogens is 274 g/mol. The van der Waals surface area contributed by atoms with Gasteiger partial charge in [-0.3, -0.25) is 0 Å². The first kappa shape index (κ1) is 13.2. The summed E-state index contributed by atoms with van der Waals surface area (Å²) >= 11 is 0. The lowest BCUT2D eigenvalue weighted by Crippen LogP contribution is -2.41. The summed E-state index contributed by atoms with van der Waals surface area (Å²) < 4.78 is 6.03. The van der Waals surface area contributed by atoms with Crippen molar-refractivity contribution in [2.45, 2.75) is 18.9 Å². The standard InChI is InChI=1S/C18H17N3O/c19-12-13-5-6-16-18(11-13)22-17-4-2-1-3-15(17)21(16)14-7-9-20-10-8-14/h1-6,11,14,20H,7-10H2. The van der Waals surface area contributed by atoms with E-state index in [4.69, 9.17) is 10.00 Å². The number of nitrogens with zero attached hydrogens (tertiary/aromatic N) is 2. The largest absolute Gasteiger partial charge is 0.453 e. The van der Waals surface area contributed by atoms with Gasteiger partial charge in [0.2, 0.25) is 0 Å². The van der Waals surface area contributed by atoms with E-state index in [2.05, 4.69) is 22.4 Å². The van der Waals surface area contributed by atoms with Crippen LogP contribution in [0.2, 0.25) is 0 Å². The van der Waals surface area contributed by atoms with Gasteiger partial charge < -0.3 is 15.0 Å². The Bertz CT molecular complexity index is 744. The number of ether oxygens (including phenoxy) is 1. The summed E-state index contributed by atoms with van der Waals surface area (Å²) in [6.07, 6.45) is 2.21. The smallest absolute Gasteiger partial charge is 0.152 e. The van der Waals surface area contributed by atoms with E-state index in [1.807, 2.05) is 36.4 Å². The Morgan fingerprint density at radius 3 is 2.64 bits per heavy atom. The normalized spacial score (nSPS) is 17.1. The number of fused-ring (bicyclic) bond motifs is 2. The first-order valence-corrected chi connectivity index (χ1v) is 7.68. The molecule has 0 amide bonds. The average Bonchev–Trinajstić information content (AvgIpc) is 2.59. The van der Waals surface area contributed by atoms with Crippen LogP contribution in [-0.4, -0.2) is 19.1 Å². The summed E-state index contributed by atoms with van der Waals surface area (Å²) in [6.45, 7) is 2.08. The number of hydrogen-bond donors (Lipinski definition) is 1. The molecule has 2 aromatic rings. The van der Waals surface area contributed by atoms with E-state index in [0.29, 0.717) is 11.6 Å². The minimum absolute atomic E-state index is 0.456. The van der Waals surface area contributed by atoms with Crippen LogP contribution in [0.4, 0.5) is 11.4 Å². The Labute approximate surface area is 129 Å². The van der Waals surface area contributed by atoms with Crippen LogP contribution in [0.1, 0.15) is 18.4 Å². The molecule has 4 rings (SSSR count). The number of hydrogen-bond acceptors (Lipinski definition) is 4. The first-order valence-electron chi connectivity index (χ1n) is 7.68. The SMILES string of the molecule is N#Cc1ccc2c(c1)Oc1ccccc1N2C1CCNCC1. The second-order valence-electron chi connectivity index (χ2n) is 5.72. The summed E-state index contributed by atoms with van der Waals surface area (Å²) in [5.74, 6) is 1.64. The van der Waals surface area contributed by atoms with Crippen LogP contribution < -0.4 is 15.0 Å². The van der Waals surface area contributed by atoms with Gasteiger partial charge in [-0.2, -0.15) is 5.26 Å². The van der Waals surface area contributed by atoms with E-state index in [1.165, 1.54) is 0 Å². The zero-order valence-electron chi connectivity index (χ0n) is 12.2. The van der Waals surface area contributed by atoms with Crippen LogP contribution in [0.25, 0.3) is 0 Å². The summed E-state index contributed by atoms with van der Waals surface area (Å²) in [4.78, 5) is 2.39. The third kappa shape index (κ3) is 2.11. The Hall–Kier alpha value is -2.51. The fourth-order valence-corrected chi connectivity index (χ4v) is 3.31. The minimum Gasteiger partial charge on any atom is -0.453 e. The minimum atomic E-state index is 0.456. The van der Waals surface area contributed by atoms with Crippen molar-refractivity contribution < 1.29 is 4.74 Å². The molecule has 2 heterocycles. The average molecular weight is 291 g/mol. The van der Waals surface area contributed by atoms with Crippen LogP contribution in [0.5, 0.6) is 11.5 Å². The fraction of sp³-hybridized carbons (Fsp3) is 0.278. The van der Waals surface area contributed by atoms with Gasteiger partial charge in [0, 0.05) is 12.1 Å². The molecule has 1 N–H and O–H groups in total. The van der Waals surface area contributed by atoms with E-state index in [0.717, 1.165) is 48.8 Å². The third-order valence-corrected chi connectivity index (χ3v) is 4.37. The number of para-hydroxylation sites is 2. The number of benzene rings is 2. The van der Waals surface area contributed by atoms with Crippen molar-refractivity contribution in [3.05, 3.63) is 48.0 Å². The predicted molar refractivity (Wildman–Crippen MR) is 85.7 cm³/mol. The Morgan fingerprint density at radius 1 is 1.05 bits per heavy atom. The van der Waals surface area contributed by atoms with Crippen molar-refractivity contribution in [1.82, 2.24) is 5.32 Å². The van der Waals surface area contributed by atoms with Gasteiger partial charge in [-0.1, -0.05) is 12.1 Å². The molecule has 0 aliphatic carbocycles. The van der Waals surface area contributed by atoms with E-state index in [-0.39, 0.29) is 0 Å². The molecule has 0 atom stereocenters. The lowest BCUT2D eigenvalue weighted by Gasteiger charge is -2.40. The number of rotatable bonds is 1. The topological polar surface area (TPSA) is 48.3 Å². The molecule has 4 heteroatoms. The highest BCUT2D eigenvalue weighted by atomic mass is 16.5. The van der Waals surface area contributed by atoms with Crippen molar-refractivity contribution in [3.8, 4) is 17.6 Å². The van der Waals surface area contributed by atoms with Crippen molar-refractivity contribution in [2.75, 3.05) is 18.0 Å². The second kappa shape index (κ2) is 5.36. The zero-order chi connectivity index (χ0) is 14.9. The van der Waals surface area contributed by atoms with Gasteiger partial charge in [-0.25, -0.2) is 0 Å². The monoisotopic (exact) mass is 291 g/mol. The molecule has 0 bridgehead atoms. The van der Waals surface area contributed by atoms with Crippen LogP contribution in [0.3, 0.4) is 0 Å². The molecule has 1 saturated heterocycles. The predicted octanol–water partition coefficient (Wildman–Crippen LogP) is 3.55. The summed E-state index contributed by atoms with van der Waals surface area (Å²) in [5, 5.41) is 12.5. The second-order valence-corrected chi connectivity index (χ2v) is 5.72. The van der Waals surface area contributed by atoms with Gasteiger partial charge in [-0.05, 0) is 50.2 Å². The van der Waals surface area contributed by atoms with Gasteiger partial charge in [0.25, 0.3) is 0 Å². The van der Waals surface area contributed by atoms with Crippen molar-refractivity contribution in [2.24, 2.45) is 0 Å². The van der Waals surface area contributed by atoms with Gasteiger partial charge >= 0.3 is 0 Å². The molecule has 0 saturated carbocycles. The molecule has 0 spiro atoms. The highest BCUT2D eigenvalue weighted by Crippen LogP contribution is 2.48. The molecular formula is C18H17N3O. The Balaban J connectivity index is 1.84. The van der Waals surface area contributed by atoms with Crippen LogP contribution in [0, 0.1) is 11.3 Å². The highest BCUT2D eigenvalue weighted by Gasteiger charge is 2.30. The maximum absolute atomic E-state index is 9.12. The zero-order valence-corrected chi connectivity index (χ0v) is 12.2. The molecule has 2 aliphatic rings. The molecule has 0 aromatic heterocycles. The number of nitriles is 1. The quantitative estimate of drug-likeness (QED) is 0.873. The van der Waals surface area contributed by atoms with E-state index in [9.17, 15) is 0 Å². The third-order valence-electron chi connectivity index (χ3n) is 4.37. The number of piperidine rings is 1. The Kier molecular flexibility index (Phi) is 3.21. The van der Waals surface area contributed by atoms with Crippen molar-refractivity contribution >= 4 is 11.4 Å². The summed E-state index contributed by atoms with van der Waals surface area (Å²) in [5.41, 5.74) is 2.81. The molecule has 0 radical (unpaired) electrons. The number of nitrogens with one attached hydrogen (secondary N) is 1. The van der Waals surface area contributed by atoms with Crippen LogP contribution >= 0.6 is 0 Å². The first-order chi connectivity index (χ1) is 10.9. The molecule has 110 valence electrons. The maximum atomic E-state index is 9.12. The van der Waals surface area contributed by atoms with Crippen molar-refractivity contribution in [1.29, 1.82) is 5.26 Å². The van der Waals surface area contributed by atoms with E-state index < -0.39 is 0 Å². The molecule has 0 unspecified atom stereocenters. The van der Waals surface area contributed by atoms with Gasteiger partial charge in [-0.15, -0.1) is 0 Å². The lowest BCUT2D eigenvalue weighted by atomic mass is 10.0. The lowest BCUT2D eigenvalue weighted by molar-refractivity contribution is 0.426. The van der Waals surface area contributed by atoms with Gasteiger partial charge in [0.15, 0.2) is 11.5 Å². The maximum Gasteiger partial charge on any atom is 0.152 e. The van der Waals surface area contributed by atoms with Crippen molar-refractivity contribution in [3.63, 3.8) is 0 Å². The molecule has 2 aromatic carbocycles.